The summed E-state index contributed by atoms with van der Waals surface area (Å²) in [5.74, 6) is 0.282. The fraction of sp³-hybridized carbons (Fsp3) is 0.0714. The Morgan fingerprint density at radius 3 is 2.68 bits per heavy atom. The average Bonchev–Trinajstić information content (AvgIpc) is 2.82. The maximum Gasteiger partial charge on any atom is 0.230 e. The molecule has 5 heteroatoms. The van der Waals surface area contributed by atoms with Crippen molar-refractivity contribution in [3.63, 3.8) is 0 Å². The van der Waals surface area contributed by atoms with Gasteiger partial charge in [-0.2, -0.15) is 0 Å². The van der Waals surface area contributed by atoms with Gasteiger partial charge >= 0.3 is 0 Å². The zero-order chi connectivity index (χ0) is 13.2. The Morgan fingerprint density at radius 2 is 1.95 bits per heavy atom. The molecule has 0 saturated heterocycles. The van der Waals surface area contributed by atoms with Gasteiger partial charge in [-0.05, 0) is 24.6 Å². The molecule has 3 heterocycles. The first kappa shape index (κ1) is 11.4. The van der Waals surface area contributed by atoms with Crippen molar-refractivity contribution in [2.45, 2.75) is 6.92 Å². The Kier molecular flexibility index (Phi) is 2.72. The van der Waals surface area contributed by atoms with Crippen LogP contribution in [0.15, 0.2) is 47.5 Å². The lowest BCUT2D eigenvalue weighted by Gasteiger charge is -2.02. The highest BCUT2D eigenvalue weighted by Crippen LogP contribution is 2.35. The standard InChI is InChI=1S/C14H12N4O/c1-9-5-11(8-17-6-9)13-12(14(15)19-18-13)10-3-2-4-16-7-10/h2-8H,15H2,1H3. The van der Waals surface area contributed by atoms with E-state index in [0.29, 0.717) is 5.69 Å². The lowest BCUT2D eigenvalue weighted by molar-refractivity contribution is 0.439. The van der Waals surface area contributed by atoms with E-state index < -0.39 is 0 Å². The minimum atomic E-state index is 0.282. The molecule has 0 aliphatic rings. The minimum Gasteiger partial charge on any atom is -0.367 e. The van der Waals surface area contributed by atoms with Crippen LogP contribution >= 0.6 is 0 Å². The van der Waals surface area contributed by atoms with Gasteiger partial charge in [-0.3, -0.25) is 9.97 Å². The van der Waals surface area contributed by atoms with Crippen molar-refractivity contribution < 1.29 is 4.52 Å². The maximum atomic E-state index is 5.87. The second-order valence-corrected chi connectivity index (χ2v) is 4.26. The molecule has 0 amide bonds. The summed E-state index contributed by atoms with van der Waals surface area (Å²) < 4.78 is 5.12. The van der Waals surface area contributed by atoms with Crippen molar-refractivity contribution in [3.05, 3.63) is 48.5 Å². The quantitative estimate of drug-likeness (QED) is 0.758. The molecular formula is C14H12N4O. The Balaban J connectivity index is 2.19. The summed E-state index contributed by atoms with van der Waals surface area (Å²) in [6.07, 6.45) is 6.97. The van der Waals surface area contributed by atoms with E-state index in [-0.39, 0.29) is 5.88 Å². The van der Waals surface area contributed by atoms with Gasteiger partial charge < -0.3 is 10.3 Å². The molecule has 94 valence electrons. The zero-order valence-corrected chi connectivity index (χ0v) is 10.4. The van der Waals surface area contributed by atoms with Crippen molar-refractivity contribution in [1.29, 1.82) is 0 Å². The van der Waals surface area contributed by atoms with Crippen LogP contribution < -0.4 is 5.73 Å². The highest BCUT2D eigenvalue weighted by molar-refractivity contribution is 5.86. The molecule has 0 aromatic carbocycles. The van der Waals surface area contributed by atoms with Crippen LogP contribution in [0.25, 0.3) is 22.4 Å². The molecule has 19 heavy (non-hydrogen) atoms. The molecule has 5 nitrogen and oxygen atoms in total. The summed E-state index contributed by atoms with van der Waals surface area (Å²) in [4.78, 5) is 8.26. The Labute approximate surface area is 110 Å². The Bertz CT molecular complexity index is 706. The predicted molar refractivity (Wildman–Crippen MR) is 72.1 cm³/mol. The molecule has 0 radical (unpaired) electrons. The van der Waals surface area contributed by atoms with E-state index in [1.807, 2.05) is 25.1 Å². The molecule has 0 unspecified atom stereocenters. The summed E-state index contributed by atoms with van der Waals surface area (Å²) in [5.41, 5.74) is 10.1. The van der Waals surface area contributed by atoms with Crippen LogP contribution in [0, 0.1) is 6.92 Å². The molecule has 0 bridgehead atoms. The van der Waals surface area contributed by atoms with E-state index in [0.717, 1.165) is 22.3 Å². The van der Waals surface area contributed by atoms with E-state index in [2.05, 4.69) is 15.1 Å². The number of nitrogen functional groups attached to an aromatic ring is 1. The molecular weight excluding hydrogens is 240 g/mol. The van der Waals surface area contributed by atoms with Gasteiger partial charge in [0.2, 0.25) is 5.88 Å². The van der Waals surface area contributed by atoms with Crippen LogP contribution in [0.3, 0.4) is 0 Å². The molecule has 2 N–H and O–H groups in total. The number of nitrogens with zero attached hydrogens (tertiary/aromatic N) is 3. The van der Waals surface area contributed by atoms with Crippen LogP contribution in [0.5, 0.6) is 0 Å². The van der Waals surface area contributed by atoms with E-state index in [4.69, 9.17) is 10.3 Å². The van der Waals surface area contributed by atoms with Gasteiger partial charge in [0.05, 0.1) is 5.56 Å². The average molecular weight is 252 g/mol. The molecule has 0 spiro atoms. The fourth-order valence-electron chi connectivity index (χ4n) is 1.97. The SMILES string of the molecule is Cc1cncc(-c2noc(N)c2-c2cccnc2)c1. The summed E-state index contributed by atoms with van der Waals surface area (Å²) in [6, 6.07) is 5.76. The van der Waals surface area contributed by atoms with Gasteiger partial charge in [0.25, 0.3) is 0 Å². The molecule has 3 rings (SSSR count). The summed E-state index contributed by atoms with van der Waals surface area (Å²) in [7, 11) is 0. The molecule has 0 fully saturated rings. The lowest BCUT2D eigenvalue weighted by atomic mass is 10.0. The Morgan fingerprint density at radius 1 is 1.11 bits per heavy atom. The second-order valence-electron chi connectivity index (χ2n) is 4.26. The van der Waals surface area contributed by atoms with E-state index in [1.54, 1.807) is 24.8 Å². The normalized spacial score (nSPS) is 10.6. The molecule has 0 atom stereocenters. The third-order valence-electron chi connectivity index (χ3n) is 2.82. The van der Waals surface area contributed by atoms with E-state index >= 15 is 0 Å². The maximum absolute atomic E-state index is 5.87. The minimum absolute atomic E-state index is 0.282. The van der Waals surface area contributed by atoms with E-state index in [1.165, 1.54) is 0 Å². The summed E-state index contributed by atoms with van der Waals surface area (Å²) in [5, 5.41) is 4.04. The van der Waals surface area contributed by atoms with Gasteiger partial charge in [-0.25, -0.2) is 0 Å². The van der Waals surface area contributed by atoms with Gasteiger partial charge in [0.1, 0.15) is 5.69 Å². The van der Waals surface area contributed by atoms with Crippen molar-refractivity contribution in [1.82, 2.24) is 15.1 Å². The highest BCUT2D eigenvalue weighted by atomic mass is 16.5. The Hall–Kier alpha value is -2.69. The topological polar surface area (TPSA) is 77.8 Å². The molecule has 0 aliphatic heterocycles. The second kappa shape index (κ2) is 4.53. The first-order valence-corrected chi connectivity index (χ1v) is 5.83. The largest absolute Gasteiger partial charge is 0.367 e. The lowest BCUT2D eigenvalue weighted by Crippen LogP contribution is -1.89. The molecule has 3 aromatic rings. The van der Waals surface area contributed by atoms with Gasteiger partial charge in [0, 0.05) is 35.9 Å². The van der Waals surface area contributed by atoms with Crippen LogP contribution in [0.4, 0.5) is 5.88 Å². The predicted octanol–water partition coefficient (Wildman–Crippen LogP) is 2.69. The van der Waals surface area contributed by atoms with Gasteiger partial charge in [-0.15, -0.1) is 0 Å². The number of rotatable bonds is 2. The van der Waals surface area contributed by atoms with Crippen molar-refractivity contribution in [2.75, 3.05) is 5.73 Å². The zero-order valence-electron chi connectivity index (χ0n) is 10.4. The van der Waals surface area contributed by atoms with Crippen LogP contribution in [-0.2, 0) is 0 Å². The van der Waals surface area contributed by atoms with Gasteiger partial charge in [0.15, 0.2) is 0 Å². The molecule has 0 saturated carbocycles. The third-order valence-corrected chi connectivity index (χ3v) is 2.82. The summed E-state index contributed by atoms with van der Waals surface area (Å²) >= 11 is 0. The van der Waals surface area contributed by atoms with Crippen molar-refractivity contribution >= 4 is 5.88 Å². The van der Waals surface area contributed by atoms with Crippen LogP contribution in [0.2, 0.25) is 0 Å². The van der Waals surface area contributed by atoms with Crippen LogP contribution in [0.1, 0.15) is 5.56 Å². The summed E-state index contributed by atoms with van der Waals surface area (Å²) in [6.45, 7) is 1.98. The number of aryl methyl sites for hydroxylation is 1. The number of hydrogen-bond donors (Lipinski definition) is 1. The fourth-order valence-corrected chi connectivity index (χ4v) is 1.97. The van der Waals surface area contributed by atoms with Crippen LogP contribution in [-0.4, -0.2) is 15.1 Å². The number of pyridine rings is 2. The van der Waals surface area contributed by atoms with Gasteiger partial charge in [-0.1, -0.05) is 11.2 Å². The van der Waals surface area contributed by atoms with Crippen molar-refractivity contribution in [2.24, 2.45) is 0 Å². The third kappa shape index (κ3) is 2.06. The number of aromatic nitrogens is 3. The first-order valence-electron chi connectivity index (χ1n) is 5.83. The molecule has 3 aromatic heterocycles. The number of anilines is 1. The smallest absolute Gasteiger partial charge is 0.230 e. The number of nitrogens with two attached hydrogens (primary N) is 1. The van der Waals surface area contributed by atoms with E-state index in [9.17, 15) is 0 Å². The molecule has 0 aliphatic carbocycles. The number of hydrogen-bond acceptors (Lipinski definition) is 5. The van der Waals surface area contributed by atoms with Crippen molar-refractivity contribution in [3.8, 4) is 22.4 Å². The first-order chi connectivity index (χ1) is 9.25. The monoisotopic (exact) mass is 252 g/mol. The highest BCUT2D eigenvalue weighted by Gasteiger charge is 2.17.